The molecule has 0 spiro atoms. The number of hydrogen-bond acceptors (Lipinski definition) is 2. The maximum absolute atomic E-state index is 11.9. The van der Waals surface area contributed by atoms with Gasteiger partial charge in [-0.15, -0.1) is 0 Å². The SMILES string of the molecule is CCCCC1=CC(=O)CCC1C1CCC(C)(CC#N)C(CC)C1. The van der Waals surface area contributed by atoms with Gasteiger partial charge in [-0.25, -0.2) is 0 Å². The summed E-state index contributed by atoms with van der Waals surface area (Å²) in [4.78, 5) is 11.9. The van der Waals surface area contributed by atoms with Crippen LogP contribution in [-0.2, 0) is 4.79 Å². The van der Waals surface area contributed by atoms with Crippen LogP contribution in [0.4, 0.5) is 0 Å². The zero-order valence-corrected chi connectivity index (χ0v) is 15.2. The minimum atomic E-state index is 0.206. The van der Waals surface area contributed by atoms with Gasteiger partial charge < -0.3 is 0 Å². The maximum atomic E-state index is 11.9. The van der Waals surface area contributed by atoms with Crippen molar-refractivity contribution in [2.45, 2.75) is 85.0 Å². The van der Waals surface area contributed by atoms with Crippen molar-refractivity contribution < 1.29 is 4.79 Å². The molecule has 0 aromatic heterocycles. The van der Waals surface area contributed by atoms with Crippen molar-refractivity contribution >= 4 is 5.78 Å². The average molecular weight is 316 g/mol. The monoisotopic (exact) mass is 315 g/mol. The molecule has 0 heterocycles. The Morgan fingerprint density at radius 3 is 2.78 bits per heavy atom. The first-order valence-electron chi connectivity index (χ1n) is 9.64. The number of rotatable bonds is 6. The number of nitriles is 1. The van der Waals surface area contributed by atoms with Gasteiger partial charge in [0.25, 0.3) is 0 Å². The van der Waals surface area contributed by atoms with Crippen molar-refractivity contribution in [1.82, 2.24) is 0 Å². The number of carbonyl (C=O) groups excluding carboxylic acids is 1. The Bertz CT molecular complexity index is 487. The molecular weight excluding hydrogens is 282 g/mol. The number of carbonyl (C=O) groups is 1. The second kappa shape index (κ2) is 8.13. The molecule has 0 bridgehead atoms. The third-order valence-electron chi connectivity index (χ3n) is 6.55. The first-order valence-corrected chi connectivity index (χ1v) is 9.64. The molecule has 1 fully saturated rings. The van der Waals surface area contributed by atoms with Crippen LogP contribution in [0.15, 0.2) is 11.6 Å². The van der Waals surface area contributed by atoms with E-state index in [-0.39, 0.29) is 5.41 Å². The second-order valence-corrected chi connectivity index (χ2v) is 8.06. The Morgan fingerprint density at radius 2 is 2.13 bits per heavy atom. The molecule has 0 amide bonds. The molecule has 4 atom stereocenters. The van der Waals surface area contributed by atoms with Gasteiger partial charge in [0.15, 0.2) is 5.78 Å². The van der Waals surface area contributed by atoms with Gasteiger partial charge in [0.2, 0.25) is 0 Å². The van der Waals surface area contributed by atoms with E-state index in [0.717, 1.165) is 25.2 Å². The van der Waals surface area contributed by atoms with Crippen LogP contribution < -0.4 is 0 Å². The smallest absolute Gasteiger partial charge is 0.155 e. The van der Waals surface area contributed by atoms with E-state index in [1.165, 1.54) is 44.1 Å². The van der Waals surface area contributed by atoms with E-state index in [4.69, 9.17) is 0 Å². The number of ketones is 1. The summed E-state index contributed by atoms with van der Waals surface area (Å²) in [7, 11) is 0. The van der Waals surface area contributed by atoms with Crippen molar-refractivity contribution in [3.63, 3.8) is 0 Å². The largest absolute Gasteiger partial charge is 0.295 e. The number of unbranched alkanes of at least 4 members (excludes halogenated alkanes) is 1. The summed E-state index contributed by atoms with van der Waals surface area (Å²) in [6, 6.07) is 2.42. The van der Waals surface area contributed by atoms with E-state index in [9.17, 15) is 10.1 Å². The first kappa shape index (κ1) is 18.2. The van der Waals surface area contributed by atoms with Gasteiger partial charge in [-0.2, -0.15) is 5.26 Å². The number of hydrogen-bond donors (Lipinski definition) is 0. The van der Waals surface area contributed by atoms with Gasteiger partial charge in [0.1, 0.15) is 0 Å². The van der Waals surface area contributed by atoms with E-state index < -0.39 is 0 Å². The maximum Gasteiger partial charge on any atom is 0.155 e. The van der Waals surface area contributed by atoms with Crippen molar-refractivity contribution in [3.8, 4) is 6.07 Å². The van der Waals surface area contributed by atoms with Gasteiger partial charge in [0, 0.05) is 12.8 Å². The molecule has 2 rings (SSSR count). The fourth-order valence-corrected chi connectivity index (χ4v) is 4.97. The first-order chi connectivity index (χ1) is 11.0. The molecule has 1 saturated carbocycles. The number of allylic oxidation sites excluding steroid dienone is 2. The van der Waals surface area contributed by atoms with Gasteiger partial charge in [0.05, 0.1) is 6.07 Å². The van der Waals surface area contributed by atoms with Crippen molar-refractivity contribution in [2.24, 2.45) is 23.2 Å². The van der Waals surface area contributed by atoms with Gasteiger partial charge >= 0.3 is 0 Å². The Morgan fingerprint density at radius 1 is 1.35 bits per heavy atom. The molecule has 2 aliphatic carbocycles. The molecule has 0 aliphatic heterocycles. The van der Waals surface area contributed by atoms with Gasteiger partial charge in [-0.05, 0) is 67.8 Å². The molecule has 0 radical (unpaired) electrons. The predicted molar refractivity (Wildman–Crippen MR) is 94.8 cm³/mol. The zero-order chi connectivity index (χ0) is 16.9. The second-order valence-electron chi connectivity index (χ2n) is 8.06. The standard InChI is InChI=1S/C21H33NO/c1-4-6-7-16-15-19(23)8-9-20(16)17-10-11-21(3,12-13-22)18(5-2)14-17/h15,17-18,20H,4-12,14H2,1-3H3. The zero-order valence-electron chi connectivity index (χ0n) is 15.2. The molecular formula is C21H33NO. The molecule has 128 valence electrons. The van der Waals surface area contributed by atoms with Gasteiger partial charge in [-0.3, -0.25) is 4.79 Å². The lowest BCUT2D eigenvalue weighted by atomic mass is 9.58. The lowest BCUT2D eigenvalue weighted by Gasteiger charge is -2.46. The molecule has 2 aliphatic rings. The molecule has 4 unspecified atom stereocenters. The van der Waals surface area contributed by atoms with Crippen molar-refractivity contribution in [3.05, 3.63) is 11.6 Å². The highest BCUT2D eigenvalue weighted by atomic mass is 16.1. The summed E-state index contributed by atoms with van der Waals surface area (Å²) < 4.78 is 0. The highest BCUT2D eigenvalue weighted by molar-refractivity contribution is 5.91. The van der Waals surface area contributed by atoms with Crippen LogP contribution in [0.3, 0.4) is 0 Å². The summed E-state index contributed by atoms with van der Waals surface area (Å²) in [5, 5.41) is 9.18. The van der Waals surface area contributed by atoms with E-state index in [0.29, 0.717) is 24.0 Å². The summed E-state index contributed by atoms with van der Waals surface area (Å²) in [5.74, 6) is 2.35. The van der Waals surface area contributed by atoms with Crippen LogP contribution in [0.25, 0.3) is 0 Å². The molecule has 0 saturated heterocycles. The highest BCUT2D eigenvalue weighted by Gasteiger charge is 2.41. The van der Waals surface area contributed by atoms with Crippen LogP contribution in [0, 0.1) is 34.5 Å². The van der Waals surface area contributed by atoms with Crippen LogP contribution in [-0.4, -0.2) is 5.78 Å². The van der Waals surface area contributed by atoms with Crippen LogP contribution in [0.2, 0.25) is 0 Å². The van der Waals surface area contributed by atoms with E-state index in [2.05, 4.69) is 26.8 Å². The summed E-state index contributed by atoms with van der Waals surface area (Å²) in [6.07, 6.45) is 12.8. The highest BCUT2D eigenvalue weighted by Crippen LogP contribution is 2.51. The summed E-state index contributed by atoms with van der Waals surface area (Å²) in [5.41, 5.74) is 1.64. The average Bonchev–Trinajstić information content (AvgIpc) is 2.54. The van der Waals surface area contributed by atoms with E-state index in [1.54, 1.807) is 0 Å². The van der Waals surface area contributed by atoms with Crippen LogP contribution >= 0.6 is 0 Å². The summed E-state index contributed by atoms with van der Waals surface area (Å²) >= 11 is 0. The third kappa shape index (κ3) is 4.25. The van der Waals surface area contributed by atoms with Crippen molar-refractivity contribution in [1.29, 1.82) is 5.26 Å². The fourth-order valence-electron chi connectivity index (χ4n) is 4.97. The quantitative estimate of drug-likeness (QED) is 0.619. The van der Waals surface area contributed by atoms with Crippen molar-refractivity contribution in [2.75, 3.05) is 0 Å². The summed E-state index contributed by atoms with van der Waals surface area (Å²) in [6.45, 7) is 6.82. The molecule has 2 heteroatoms. The molecule has 23 heavy (non-hydrogen) atoms. The Kier molecular flexibility index (Phi) is 6.45. The Balaban J connectivity index is 2.11. The Hall–Kier alpha value is -1.10. The normalized spacial score (nSPS) is 34.8. The van der Waals surface area contributed by atoms with Gasteiger partial charge in [-0.1, -0.05) is 39.2 Å². The molecule has 0 aromatic rings. The Labute approximate surface area is 142 Å². The molecule has 2 nitrogen and oxygen atoms in total. The lowest BCUT2D eigenvalue weighted by molar-refractivity contribution is -0.115. The number of nitrogens with zero attached hydrogens (tertiary/aromatic N) is 1. The van der Waals surface area contributed by atoms with E-state index >= 15 is 0 Å². The topological polar surface area (TPSA) is 40.9 Å². The van der Waals surface area contributed by atoms with Crippen LogP contribution in [0.5, 0.6) is 0 Å². The minimum absolute atomic E-state index is 0.206. The third-order valence-corrected chi connectivity index (χ3v) is 6.55. The van der Waals surface area contributed by atoms with Crippen LogP contribution in [0.1, 0.15) is 85.0 Å². The lowest BCUT2D eigenvalue weighted by Crippen LogP contribution is -2.37. The predicted octanol–water partition coefficient (Wildman–Crippen LogP) is 5.83. The fraction of sp³-hybridized carbons (Fsp3) is 0.810. The molecule has 0 N–H and O–H groups in total. The minimum Gasteiger partial charge on any atom is -0.295 e. The molecule has 0 aromatic carbocycles. The van der Waals surface area contributed by atoms with E-state index in [1.807, 2.05) is 6.08 Å².